The van der Waals surface area contributed by atoms with E-state index in [0.29, 0.717) is 16.9 Å². The third-order valence-corrected chi connectivity index (χ3v) is 6.34. The van der Waals surface area contributed by atoms with Crippen LogP contribution in [0.2, 0.25) is 0 Å². The van der Waals surface area contributed by atoms with E-state index >= 15 is 0 Å². The van der Waals surface area contributed by atoms with E-state index in [9.17, 15) is 4.79 Å². The first-order chi connectivity index (χ1) is 13.0. The van der Waals surface area contributed by atoms with E-state index in [1.165, 1.54) is 16.4 Å². The van der Waals surface area contributed by atoms with Gasteiger partial charge in [0.25, 0.3) is 0 Å². The fourth-order valence-electron chi connectivity index (χ4n) is 2.64. The Kier molecular flexibility index (Phi) is 6.18. The molecule has 0 aliphatic heterocycles. The summed E-state index contributed by atoms with van der Waals surface area (Å²) in [7, 11) is 0. The summed E-state index contributed by atoms with van der Waals surface area (Å²) in [6.45, 7) is 6.14. The Bertz CT molecular complexity index is 907. The number of carbonyl (C=O) groups is 1. The Labute approximate surface area is 167 Å². The van der Waals surface area contributed by atoms with Crippen LogP contribution in [0.1, 0.15) is 38.7 Å². The monoisotopic (exact) mass is 401 g/mol. The summed E-state index contributed by atoms with van der Waals surface area (Å²) in [5, 5.41) is 13.4. The molecule has 2 atom stereocenters. The second-order valence-electron chi connectivity index (χ2n) is 6.30. The zero-order valence-corrected chi connectivity index (χ0v) is 17.2. The summed E-state index contributed by atoms with van der Waals surface area (Å²) in [5.74, 6) is 7.02. The van der Waals surface area contributed by atoms with Crippen molar-refractivity contribution in [1.82, 2.24) is 14.9 Å². The van der Waals surface area contributed by atoms with Crippen molar-refractivity contribution in [2.45, 2.75) is 43.5 Å². The standard InChI is InChI=1S/C19H23N5OS2/c1-4-12(2)14-8-5-6-9-15(14)21-18(25)13(3)27-19-23-22-17(24(19)20)16-10-7-11-26-16/h5-13H,4,20H2,1-3H3,(H,21,25). The summed E-state index contributed by atoms with van der Waals surface area (Å²) in [4.78, 5) is 13.6. The number of nitrogens with one attached hydrogen (secondary N) is 1. The number of anilines is 1. The van der Waals surface area contributed by atoms with Crippen LogP contribution >= 0.6 is 23.1 Å². The zero-order valence-electron chi connectivity index (χ0n) is 15.5. The number of aromatic nitrogens is 3. The van der Waals surface area contributed by atoms with E-state index in [-0.39, 0.29) is 11.2 Å². The molecule has 3 rings (SSSR count). The first-order valence-corrected chi connectivity index (χ1v) is 10.6. The van der Waals surface area contributed by atoms with E-state index in [1.807, 2.05) is 42.6 Å². The van der Waals surface area contributed by atoms with Gasteiger partial charge in [-0.25, -0.2) is 4.68 Å². The number of nitrogen functional groups attached to an aromatic ring is 1. The summed E-state index contributed by atoms with van der Waals surface area (Å²) < 4.78 is 1.44. The molecule has 2 aromatic heterocycles. The normalized spacial score (nSPS) is 13.3. The van der Waals surface area contributed by atoms with Gasteiger partial charge in [0.15, 0.2) is 5.82 Å². The van der Waals surface area contributed by atoms with Crippen LogP contribution in [0.5, 0.6) is 0 Å². The number of carbonyl (C=O) groups excluding carboxylic acids is 1. The molecule has 0 radical (unpaired) electrons. The van der Waals surface area contributed by atoms with Gasteiger partial charge in [-0.15, -0.1) is 21.5 Å². The van der Waals surface area contributed by atoms with Crippen LogP contribution in [-0.2, 0) is 4.79 Å². The highest BCUT2D eigenvalue weighted by molar-refractivity contribution is 8.00. The van der Waals surface area contributed by atoms with Crippen molar-refractivity contribution in [2.24, 2.45) is 0 Å². The highest BCUT2D eigenvalue weighted by Crippen LogP contribution is 2.29. The van der Waals surface area contributed by atoms with Gasteiger partial charge in [0.2, 0.25) is 11.1 Å². The highest BCUT2D eigenvalue weighted by atomic mass is 32.2. The molecule has 142 valence electrons. The lowest BCUT2D eigenvalue weighted by molar-refractivity contribution is -0.115. The number of nitrogens with zero attached hydrogens (tertiary/aromatic N) is 3. The van der Waals surface area contributed by atoms with Crippen molar-refractivity contribution < 1.29 is 4.79 Å². The summed E-state index contributed by atoms with van der Waals surface area (Å²) >= 11 is 2.84. The average molecular weight is 402 g/mol. The van der Waals surface area contributed by atoms with Gasteiger partial charge in [-0.1, -0.05) is 49.9 Å². The maximum Gasteiger partial charge on any atom is 0.237 e. The number of rotatable bonds is 7. The highest BCUT2D eigenvalue weighted by Gasteiger charge is 2.21. The smallest absolute Gasteiger partial charge is 0.237 e. The Morgan fingerprint density at radius 1 is 1.26 bits per heavy atom. The first-order valence-electron chi connectivity index (χ1n) is 8.82. The Morgan fingerprint density at radius 2 is 2.04 bits per heavy atom. The fraction of sp³-hybridized carbons (Fsp3) is 0.316. The quantitative estimate of drug-likeness (QED) is 0.454. The molecule has 0 aliphatic rings. The molecule has 0 bridgehead atoms. The van der Waals surface area contributed by atoms with Crippen LogP contribution < -0.4 is 11.2 Å². The van der Waals surface area contributed by atoms with Gasteiger partial charge in [-0.2, -0.15) is 0 Å². The average Bonchev–Trinajstić information content (AvgIpc) is 3.32. The van der Waals surface area contributed by atoms with Gasteiger partial charge in [0.1, 0.15) is 0 Å². The number of amides is 1. The summed E-state index contributed by atoms with van der Waals surface area (Å²) in [5.41, 5.74) is 2.00. The van der Waals surface area contributed by atoms with Crippen LogP contribution in [0.4, 0.5) is 5.69 Å². The topological polar surface area (TPSA) is 85.8 Å². The number of para-hydroxylation sites is 1. The van der Waals surface area contributed by atoms with Gasteiger partial charge in [-0.3, -0.25) is 4.79 Å². The van der Waals surface area contributed by atoms with Gasteiger partial charge in [0.05, 0.1) is 10.1 Å². The van der Waals surface area contributed by atoms with E-state index in [4.69, 9.17) is 5.84 Å². The molecule has 2 unspecified atom stereocenters. The molecule has 1 aromatic carbocycles. The molecule has 0 spiro atoms. The molecular weight excluding hydrogens is 378 g/mol. The lowest BCUT2D eigenvalue weighted by Gasteiger charge is -2.17. The van der Waals surface area contributed by atoms with E-state index < -0.39 is 0 Å². The molecule has 1 amide bonds. The predicted octanol–water partition coefficient (Wildman–Crippen LogP) is 4.35. The maximum absolute atomic E-state index is 12.7. The summed E-state index contributed by atoms with van der Waals surface area (Å²) in [6.07, 6.45) is 1.01. The molecule has 0 aliphatic carbocycles. The van der Waals surface area contributed by atoms with Gasteiger partial charge in [-0.05, 0) is 42.3 Å². The van der Waals surface area contributed by atoms with E-state index in [1.54, 1.807) is 11.3 Å². The lowest BCUT2D eigenvalue weighted by Crippen LogP contribution is -2.24. The van der Waals surface area contributed by atoms with Crippen molar-refractivity contribution in [3.8, 4) is 10.7 Å². The number of benzene rings is 1. The van der Waals surface area contributed by atoms with Crippen molar-refractivity contribution in [3.63, 3.8) is 0 Å². The maximum atomic E-state index is 12.7. The molecule has 3 N–H and O–H groups in total. The van der Waals surface area contributed by atoms with Gasteiger partial charge < -0.3 is 11.2 Å². The largest absolute Gasteiger partial charge is 0.335 e. The van der Waals surface area contributed by atoms with Crippen molar-refractivity contribution in [3.05, 3.63) is 47.3 Å². The third-order valence-electron chi connectivity index (χ3n) is 4.42. The van der Waals surface area contributed by atoms with E-state index in [2.05, 4.69) is 35.4 Å². The van der Waals surface area contributed by atoms with Crippen molar-refractivity contribution in [1.29, 1.82) is 0 Å². The third kappa shape index (κ3) is 4.33. The molecule has 2 heterocycles. The summed E-state index contributed by atoms with van der Waals surface area (Å²) in [6, 6.07) is 11.8. The molecule has 0 fully saturated rings. The number of hydrogen-bond acceptors (Lipinski definition) is 6. The number of nitrogens with two attached hydrogens (primary N) is 1. The first kappa shape index (κ1) is 19.4. The molecule has 27 heavy (non-hydrogen) atoms. The minimum absolute atomic E-state index is 0.0866. The SMILES string of the molecule is CCC(C)c1ccccc1NC(=O)C(C)Sc1nnc(-c2cccs2)n1N. The lowest BCUT2D eigenvalue weighted by atomic mass is 9.97. The van der Waals surface area contributed by atoms with Crippen LogP contribution in [0.25, 0.3) is 10.7 Å². The van der Waals surface area contributed by atoms with Crippen molar-refractivity contribution in [2.75, 3.05) is 11.2 Å². The van der Waals surface area contributed by atoms with Gasteiger partial charge in [0, 0.05) is 5.69 Å². The number of thioether (sulfide) groups is 1. The molecule has 8 heteroatoms. The minimum atomic E-state index is -0.363. The minimum Gasteiger partial charge on any atom is -0.335 e. The van der Waals surface area contributed by atoms with Crippen LogP contribution in [0, 0.1) is 0 Å². The second-order valence-corrected chi connectivity index (χ2v) is 8.56. The molecular formula is C19H23N5OS2. The Balaban J connectivity index is 1.71. The zero-order chi connectivity index (χ0) is 19.4. The van der Waals surface area contributed by atoms with Crippen LogP contribution in [0.3, 0.4) is 0 Å². The predicted molar refractivity (Wildman–Crippen MR) is 113 cm³/mol. The Hall–Kier alpha value is -2.32. The molecule has 3 aromatic rings. The van der Waals surface area contributed by atoms with E-state index in [0.717, 1.165) is 22.5 Å². The second kappa shape index (κ2) is 8.58. The number of thiophene rings is 1. The molecule has 0 saturated heterocycles. The van der Waals surface area contributed by atoms with Crippen LogP contribution in [-0.4, -0.2) is 26.0 Å². The molecule has 0 saturated carbocycles. The van der Waals surface area contributed by atoms with Gasteiger partial charge >= 0.3 is 0 Å². The fourth-order valence-corrected chi connectivity index (χ4v) is 4.11. The van der Waals surface area contributed by atoms with Crippen molar-refractivity contribution >= 4 is 34.7 Å². The van der Waals surface area contributed by atoms with Crippen LogP contribution in [0.15, 0.2) is 46.9 Å². The Morgan fingerprint density at radius 3 is 2.74 bits per heavy atom. The molecule has 6 nitrogen and oxygen atoms in total. The number of hydrogen-bond donors (Lipinski definition) is 2.